The third-order valence-electron chi connectivity index (χ3n) is 3.49. The maximum atomic E-state index is 12.2. The Bertz CT molecular complexity index is 583. The van der Waals surface area contributed by atoms with E-state index in [4.69, 9.17) is 11.6 Å². The molecule has 1 amide bonds. The molecule has 110 valence electrons. The van der Waals surface area contributed by atoms with E-state index < -0.39 is 0 Å². The van der Waals surface area contributed by atoms with Gasteiger partial charge in [-0.05, 0) is 30.0 Å². The van der Waals surface area contributed by atoms with Gasteiger partial charge < -0.3 is 5.32 Å². The van der Waals surface area contributed by atoms with Crippen molar-refractivity contribution in [1.82, 2.24) is 5.32 Å². The second-order valence-electron chi connectivity index (χ2n) is 5.21. The number of rotatable bonds is 6. The van der Waals surface area contributed by atoms with Crippen molar-refractivity contribution in [1.29, 1.82) is 0 Å². The lowest BCUT2D eigenvalue weighted by Crippen LogP contribution is -2.38. The number of benzene rings is 2. The summed E-state index contributed by atoms with van der Waals surface area (Å²) in [5, 5.41) is 3.02. The third-order valence-corrected chi connectivity index (χ3v) is 3.86. The molecule has 3 heteroatoms. The van der Waals surface area contributed by atoms with Gasteiger partial charge in [0.15, 0.2) is 0 Å². The Balaban J connectivity index is 1.92. The molecule has 1 atom stereocenters. The molecule has 1 N–H and O–H groups in total. The third kappa shape index (κ3) is 4.91. The van der Waals surface area contributed by atoms with Crippen LogP contribution in [0.4, 0.5) is 0 Å². The summed E-state index contributed by atoms with van der Waals surface area (Å²) in [5.41, 5.74) is 3.38. The van der Waals surface area contributed by atoms with Crippen molar-refractivity contribution in [3.05, 3.63) is 71.3 Å². The number of amides is 1. The second-order valence-corrected chi connectivity index (χ2v) is 5.52. The smallest absolute Gasteiger partial charge is 0.224 e. The van der Waals surface area contributed by atoms with Crippen LogP contribution in [0.3, 0.4) is 0 Å². The minimum absolute atomic E-state index is 0.0193. The minimum atomic E-state index is -0.0365. The van der Waals surface area contributed by atoms with Crippen molar-refractivity contribution in [3.63, 3.8) is 0 Å². The first-order valence-electron chi connectivity index (χ1n) is 7.13. The molecule has 0 saturated carbocycles. The van der Waals surface area contributed by atoms with Crippen LogP contribution in [0, 0.1) is 6.92 Å². The summed E-state index contributed by atoms with van der Waals surface area (Å²) >= 11 is 5.98. The molecule has 21 heavy (non-hydrogen) atoms. The topological polar surface area (TPSA) is 29.1 Å². The van der Waals surface area contributed by atoms with Gasteiger partial charge in [0.05, 0.1) is 6.42 Å². The maximum absolute atomic E-state index is 12.2. The number of nitrogens with one attached hydrogen (secondary N) is 1. The number of carbonyl (C=O) groups excluding carboxylic acids is 1. The molecule has 2 aromatic carbocycles. The highest BCUT2D eigenvalue weighted by atomic mass is 35.5. The van der Waals surface area contributed by atoms with Gasteiger partial charge >= 0.3 is 0 Å². The monoisotopic (exact) mass is 301 g/mol. The zero-order chi connectivity index (χ0) is 15.1. The van der Waals surface area contributed by atoms with Crippen LogP contribution in [-0.2, 0) is 17.6 Å². The average molecular weight is 302 g/mol. The lowest BCUT2D eigenvalue weighted by Gasteiger charge is -2.16. The summed E-state index contributed by atoms with van der Waals surface area (Å²) in [5.74, 6) is 0.430. The number of halogens is 1. The van der Waals surface area contributed by atoms with E-state index in [0.29, 0.717) is 12.3 Å². The lowest BCUT2D eigenvalue weighted by atomic mass is 10.0. The highest BCUT2D eigenvalue weighted by Crippen LogP contribution is 2.09. The van der Waals surface area contributed by atoms with Gasteiger partial charge in [-0.3, -0.25) is 4.79 Å². The molecule has 2 nitrogen and oxygen atoms in total. The Morgan fingerprint density at radius 1 is 1.10 bits per heavy atom. The fraction of sp³-hybridized carbons (Fsp3) is 0.278. The molecular weight excluding hydrogens is 282 g/mol. The molecule has 0 aliphatic rings. The van der Waals surface area contributed by atoms with Crippen LogP contribution in [0.25, 0.3) is 0 Å². The highest BCUT2D eigenvalue weighted by Gasteiger charge is 2.13. The van der Waals surface area contributed by atoms with E-state index in [1.807, 2.05) is 61.5 Å². The molecule has 0 aliphatic carbocycles. The van der Waals surface area contributed by atoms with Crippen LogP contribution in [0.2, 0.25) is 0 Å². The van der Waals surface area contributed by atoms with Gasteiger partial charge in [0, 0.05) is 11.9 Å². The summed E-state index contributed by atoms with van der Waals surface area (Å²) in [7, 11) is 0. The van der Waals surface area contributed by atoms with E-state index in [1.54, 1.807) is 0 Å². The Morgan fingerprint density at radius 2 is 1.76 bits per heavy atom. The zero-order valence-electron chi connectivity index (χ0n) is 12.2. The fourth-order valence-electron chi connectivity index (χ4n) is 2.30. The van der Waals surface area contributed by atoms with Crippen LogP contribution in [-0.4, -0.2) is 17.8 Å². The number of carbonyl (C=O) groups is 1. The lowest BCUT2D eigenvalue weighted by molar-refractivity contribution is -0.121. The van der Waals surface area contributed by atoms with Crippen LogP contribution < -0.4 is 5.32 Å². The molecule has 0 saturated heterocycles. The van der Waals surface area contributed by atoms with Crippen LogP contribution >= 0.6 is 11.6 Å². The van der Waals surface area contributed by atoms with Crippen molar-refractivity contribution >= 4 is 17.5 Å². The molecule has 0 spiro atoms. The molecule has 0 heterocycles. The molecule has 0 radical (unpaired) electrons. The standard InChI is InChI=1S/C18H20ClNO/c1-14-7-5-6-10-16(14)12-18(21)20-17(13-19)11-15-8-3-2-4-9-15/h2-10,17H,11-13H2,1H3,(H,20,21). The molecular formula is C18H20ClNO. The molecule has 1 unspecified atom stereocenters. The minimum Gasteiger partial charge on any atom is -0.352 e. The van der Waals surface area contributed by atoms with Crippen molar-refractivity contribution in [2.45, 2.75) is 25.8 Å². The summed E-state index contributed by atoms with van der Waals surface area (Å²) < 4.78 is 0. The highest BCUT2D eigenvalue weighted by molar-refractivity contribution is 6.18. The van der Waals surface area contributed by atoms with E-state index in [2.05, 4.69) is 5.32 Å². The molecule has 2 rings (SSSR count). The largest absolute Gasteiger partial charge is 0.352 e. The zero-order valence-corrected chi connectivity index (χ0v) is 12.9. The summed E-state index contributed by atoms with van der Waals surface area (Å²) in [4.78, 5) is 12.2. The van der Waals surface area contributed by atoms with Crippen LogP contribution in [0.1, 0.15) is 16.7 Å². The normalized spacial score (nSPS) is 11.9. The SMILES string of the molecule is Cc1ccccc1CC(=O)NC(CCl)Cc1ccccc1. The Labute approximate surface area is 131 Å². The summed E-state index contributed by atoms with van der Waals surface area (Å²) in [6.07, 6.45) is 1.15. The molecule has 0 bridgehead atoms. The van der Waals surface area contributed by atoms with Gasteiger partial charge in [-0.2, -0.15) is 0 Å². The maximum Gasteiger partial charge on any atom is 0.224 e. The van der Waals surface area contributed by atoms with Crippen LogP contribution in [0.5, 0.6) is 0 Å². The quantitative estimate of drug-likeness (QED) is 0.813. The van der Waals surface area contributed by atoms with Gasteiger partial charge in [0.2, 0.25) is 5.91 Å². The van der Waals surface area contributed by atoms with Crippen molar-refractivity contribution in [3.8, 4) is 0 Å². The Hall–Kier alpha value is -1.80. The van der Waals surface area contributed by atoms with Gasteiger partial charge in [-0.25, -0.2) is 0 Å². The van der Waals surface area contributed by atoms with Crippen LogP contribution in [0.15, 0.2) is 54.6 Å². The number of aryl methyl sites for hydroxylation is 1. The molecule has 0 aliphatic heterocycles. The first-order chi connectivity index (χ1) is 10.2. The van der Waals surface area contributed by atoms with Gasteiger partial charge in [-0.15, -0.1) is 11.6 Å². The van der Waals surface area contributed by atoms with E-state index in [0.717, 1.165) is 17.5 Å². The van der Waals surface area contributed by atoms with Gasteiger partial charge in [-0.1, -0.05) is 54.6 Å². The molecule has 2 aromatic rings. The summed E-state index contributed by atoms with van der Waals surface area (Å²) in [6.45, 7) is 2.02. The Morgan fingerprint density at radius 3 is 2.43 bits per heavy atom. The van der Waals surface area contributed by atoms with E-state index in [1.165, 1.54) is 5.56 Å². The Kier molecular flexibility index (Phi) is 5.82. The molecule has 0 aromatic heterocycles. The van der Waals surface area contributed by atoms with Gasteiger partial charge in [0.1, 0.15) is 0 Å². The fourth-order valence-corrected chi connectivity index (χ4v) is 2.49. The number of hydrogen-bond donors (Lipinski definition) is 1. The van der Waals surface area contributed by atoms with E-state index in [-0.39, 0.29) is 11.9 Å². The number of hydrogen-bond acceptors (Lipinski definition) is 1. The average Bonchev–Trinajstić information content (AvgIpc) is 2.50. The molecule has 0 fully saturated rings. The first kappa shape index (κ1) is 15.6. The first-order valence-corrected chi connectivity index (χ1v) is 7.66. The van der Waals surface area contributed by atoms with Crippen molar-refractivity contribution in [2.75, 3.05) is 5.88 Å². The number of alkyl halides is 1. The van der Waals surface area contributed by atoms with Crippen molar-refractivity contribution in [2.24, 2.45) is 0 Å². The predicted octanol–water partition coefficient (Wildman–Crippen LogP) is 3.50. The second kappa shape index (κ2) is 7.84. The predicted molar refractivity (Wildman–Crippen MR) is 87.7 cm³/mol. The van der Waals surface area contributed by atoms with Crippen molar-refractivity contribution < 1.29 is 4.79 Å². The van der Waals surface area contributed by atoms with Gasteiger partial charge in [0.25, 0.3) is 0 Å². The summed E-state index contributed by atoms with van der Waals surface area (Å²) in [6, 6.07) is 18.0. The van der Waals surface area contributed by atoms with E-state index in [9.17, 15) is 4.79 Å². The van der Waals surface area contributed by atoms with E-state index >= 15 is 0 Å².